The summed E-state index contributed by atoms with van der Waals surface area (Å²) >= 11 is 0. The average molecular weight is 775 g/mol. The van der Waals surface area contributed by atoms with Crippen LogP contribution < -0.4 is 0 Å². The van der Waals surface area contributed by atoms with E-state index in [1.807, 2.05) is 0 Å². The van der Waals surface area contributed by atoms with Gasteiger partial charge in [0.25, 0.3) is 0 Å². The topological polar surface area (TPSA) is 78.9 Å². The first kappa shape index (κ1) is 52.9. The van der Waals surface area contributed by atoms with Gasteiger partial charge in [0.05, 0.1) is 0 Å². The van der Waals surface area contributed by atoms with Crippen molar-refractivity contribution < 1.29 is 28.6 Å². The Morgan fingerprint density at radius 3 is 0.982 bits per heavy atom. The van der Waals surface area contributed by atoms with Crippen molar-refractivity contribution in [2.45, 2.75) is 258 Å². The van der Waals surface area contributed by atoms with Crippen LogP contribution in [-0.4, -0.2) is 37.2 Å². The minimum absolute atomic E-state index is 0.0730. The van der Waals surface area contributed by atoms with Gasteiger partial charge in [-0.25, -0.2) is 0 Å². The number of hydrogen-bond acceptors (Lipinski definition) is 6. The van der Waals surface area contributed by atoms with Crippen LogP contribution in [0.2, 0.25) is 0 Å². The van der Waals surface area contributed by atoms with Crippen molar-refractivity contribution in [2.75, 3.05) is 13.2 Å². The molecule has 0 aliphatic rings. The summed E-state index contributed by atoms with van der Waals surface area (Å²) in [7, 11) is 0. The zero-order chi connectivity index (χ0) is 40.1. The fourth-order valence-corrected chi connectivity index (χ4v) is 6.79. The Hall–Kier alpha value is -2.11. The van der Waals surface area contributed by atoms with Crippen molar-refractivity contribution in [2.24, 2.45) is 0 Å². The van der Waals surface area contributed by atoms with E-state index in [1.54, 1.807) is 0 Å². The summed E-state index contributed by atoms with van der Waals surface area (Å²) in [6, 6.07) is 0. The highest BCUT2D eigenvalue weighted by atomic mass is 16.6. The highest BCUT2D eigenvalue weighted by Gasteiger charge is 2.19. The Labute approximate surface area is 341 Å². The third-order valence-corrected chi connectivity index (χ3v) is 10.4. The molecule has 0 heterocycles. The summed E-state index contributed by atoms with van der Waals surface area (Å²) in [6.07, 6.45) is 48.9. The Balaban J connectivity index is 4.21. The predicted octanol–water partition coefficient (Wildman–Crippen LogP) is 15.2. The Morgan fingerprint density at radius 1 is 0.345 bits per heavy atom. The van der Waals surface area contributed by atoms with Crippen LogP contribution >= 0.6 is 0 Å². The molecule has 1 unspecified atom stereocenters. The molecule has 0 fully saturated rings. The number of esters is 3. The van der Waals surface area contributed by atoms with Gasteiger partial charge in [0.2, 0.25) is 0 Å². The molecule has 1 atom stereocenters. The summed E-state index contributed by atoms with van der Waals surface area (Å²) < 4.78 is 16.7. The minimum Gasteiger partial charge on any atom is -0.462 e. The van der Waals surface area contributed by atoms with E-state index in [4.69, 9.17) is 14.2 Å². The second-order valence-corrected chi connectivity index (χ2v) is 16.0. The molecule has 0 aromatic rings. The first-order valence-electron chi connectivity index (χ1n) is 23.8. The molecule has 55 heavy (non-hydrogen) atoms. The molecule has 0 bridgehead atoms. The lowest BCUT2D eigenvalue weighted by Gasteiger charge is -2.18. The fraction of sp³-hybridized carbons (Fsp3) is 0.857. The van der Waals surface area contributed by atoms with Crippen LogP contribution in [0.25, 0.3) is 0 Å². The smallest absolute Gasteiger partial charge is 0.306 e. The number of rotatable bonds is 43. The van der Waals surface area contributed by atoms with Gasteiger partial charge in [0.15, 0.2) is 6.10 Å². The van der Waals surface area contributed by atoms with Gasteiger partial charge in [-0.15, -0.1) is 0 Å². The molecule has 0 aliphatic heterocycles. The number of ether oxygens (including phenoxy) is 3. The maximum atomic E-state index is 12.7. The summed E-state index contributed by atoms with van der Waals surface area (Å²) in [5.41, 5.74) is 0. The lowest BCUT2D eigenvalue weighted by atomic mass is 10.1. The van der Waals surface area contributed by atoms with E-state index in [0.717, 1.165) is 77.0 Å². The SMILES string of the molecule is CCC/C=C\CCCCCCCC(=O)OC(COC(=O)CCCCCCCCCC)COC(=O)CCCCCCCCCCC/C=C\CCCCCCCC. The van der Waals surface area contributed by atoms with Crippen LogP contribution in [0.3, 0.4) is 0 Å². The number of allylic oxidation sites excluding steroid dienone is 4. The maximum Gasteiger partial charge on any atom is 0.306 e. The molecule has 0 aromatic heterocycles. The van der Waals surface area contributed by atoms with Crippen LogP contribution in [0.5, 0.6) is 0 Å². The predicted molar refractivity (Wildman–Crippen MR) is 233 cm³/mol. The molecule has 0 spiro atoms. The van der Waals surface area contributed by atoms with Crippen LogP contribution in [0.4, 0.5) is 0 Å². The van der Waals surface area contributed by atoms with Gasteiger partial charge in [0, 0.05) is 19.3 Å². The first-order valence-corrected chi connectivity index (χ1v) is 23.8. The number of hydrogen-bond donors (Lipinski definition) is 0. The highest BCUT2D eigenvalue weighted by Crippen LogP contribution is 2.15. The molecule has 0 aromatic carbocycles. The van der Waals surface area contributed by atoms with Gasteiger partial charge < -0.3 is 14.2 Å². The Bertz CT molecular complexity index is 896. The zero-order valence-electron chi connectivity index (χ0n) is 36.7. The van der Waals surface area contributed by atoms with E-state index >= 15 is 0 Å². The Morgan fingerprint density at radius 2 is 0.636 bits per heavy atom. The van der Waals surface area contributed by atoms with Gasteiger partial charge in [-0.3, -0.25) is 14.4 Å². The second-order valence-electron chi connectivity index (χ2n) is 16.0. The standard InChI is InChI=1S/C49H90O6/c1-4-7-10-13-16-19-21-22-23-24-25-26-27-28-29-31-33-36-39-42-48(51)54-45-46(44-53-47(50)41-38-35-32-18-15-12-9-6-3)55-49(52)43-40-37-34-30-20-17-14-11-8-5-2/h11,14,22-23,46H,4-10,12-13,15-21,24-45H2,1-3H3/b14-11-,23-22-. The molecule has 0 rings (SSSR count). The summed E-state index contributed by atoms with van der Waals surface area (Å²) in [5, 5.41) is 0. The number of unbranched alkanes of at least 4 members (excludes halogenated alkanes) is 28. The normalized spacial score (nSPS) is 12.1. The molecule has 322 valence electrons. The van der Waals surface area contributed by atoms with Crippen LogP contribution in [0.1, 0.15) is 252 Å². The molecule has 0 amide bonds. The molecule has 0 radical (unpaired) electrons. The van der Waals surface area contributed by atoms with Crippen LogP contribution in [-0.2, 0) is 28.6 Å². The van der Waals surface area contributed by atoms with Gasteiger partial charge >= 0.3 is 17.9 Å². The van der Waals surface area contributed by atoms with Crippen molar-refractivity contribution in [1.29, 1.82) is 0 Å². The first-order chi connectivity index (χ1) is 27.0. The average Bonchev–Trinajstić information content (AvgIpc) is 3.18. The molecular formula is C49H90O6. The van der Waals surface area contributed by atoms with Gasteiger partial charge in [0.1, 0.15) is 13.2 Å². The molecule has 0 saturated heterocycles. The maximum absolute atomic E-state index is 12.7. The second kappa shape index (κ2) is 44.6. The van der Waals surface area contributed by atoms with E-state index in [9.17, 15) is 14.4 Å². The number of carbonyl (C=O) groups is 3. The molecule has 6 nitrogen and oxygen atoms in total. The van der Waals surface area contributed by atoms with Crippen molar-refractivity contribution in [1.82, 2.24) is 0 Å². The minimum atomic E-state index is -0.769. The highest BCUT2D eigenvalue weighted by molar-refractivity contribution is 5.71. The van der Waals surface area contributed by atoms with Crippen molar-refractivity contribution in [3.8, 4) is 0 Å². The molecule has 0 saturated carbocycles. The van der Waals surface area contributed by atoms with Gasteiger partial charge in [-0.05, 0) is 64.2 Å². The third-order valence-electron chi connectivity index (χ3n) is 10.4. The zero-order valence-corrected chi connectivity index (χ0v) is 36.7. The number of carbonyl (C=O) groups excluding carboxylic acids is 3. The van der Waals surface area contributed by atoms with E-state index in [2.05, 4.69) is 45.1 Å². The van der Waals surface area contributed by atoms with Crippen molar-refractivity contribution in [3.05, 3.63) is 24.3 Å². The third kappa shape index (κ3) is 42.9. The lowest BCUT2D eigenvalue weighted by Crippen LogP contribution is -2.30. The summed E-state index contributed by atoms with van der Waals surface area (Å²) in [5.74, 6) is -0.885. The molecular weight excluding hydrogens is 685 g/mol. The molecule has 0 aliphatic carbocycles. The quantitative estimate of drug-likeness (QED) is 0.0266. The molecule has 0 N–H and O–H groups in total. The summed E-state index contributed by atoms with van der Waals surface area (Å²) in [4.78, 5) is 37.6. The largest absolute Gasteiger partial charge is 0.462 e. The Kier molecular flexibility index (Phi) is 42.9. The molecule has 6 heteroatoms. The van der Waals surface area contributed by atoms with Gasteiger partial charge in [-0.2, -0.15) is 0 Å². The van der Waals surface area contributed by atoms with Crippen LogP contribution in [0.15, 0.2) is 24.3 Å². The monoisotopic (exact) mass is 775 g/mol. The van der Waals surface area contributed by atoms with Crippen molar-refractivity contribution in [3.63, 3.8) is 0 Å². The van der Waals surface area contributed by atoms with Gasteiger partial charge in [-0.1, -0.05) is 193 Å². The summed E-state index contributed by atoms with van der Waals surface area (Å²) in [6.45, 7) is 6.54. The van der Waals surface area contributed by atoms with Crippen molar-refractivity contribution >= 4 is 17.9 Å². The lowest BCUT2D eigenvalue weighted by molar-refractivity contribution is -0.167. The van der Waals surface area contributed by atoms with E-state index < -0.39 is 6.10 Å². The van der Waals surface area contributed by atoms with E-state index in [1.165, 1.54) is 135 Å². The van der Waals surface area contributed by atoms with Crippen LogP contribution in [0, 0.1) is 0 Å². The van der Waals surface area contributed by atoms with E-state index in [-0.39, 0.29) is 31.1 Å². The fourth-order valence-electron chi connectivity index (χ4n) is 6.79. The van der Waals surface area contributed by atoms with E-state index in [0.29, 0.717) is 19.3 Å².